The summed E-state index contributed by atoms with van der Waals surface area (Å²) in [4.78, 5) is 21.1. The van der Waals surface area contributed by atoms with Gasteiger partial charge in [0.15, 0.2) is 0 Å². The molecular formula is C47H75N5. The van der Waals surface area contributed by atoms with E-state index in [0.29, 0.717) is 10.8 Å². The summed E-state index contributed by atoms with van der Waals surface area (Å²) in [6, 6.07) is 25.9. The van der Waals surface area contributed by atoms with Gasteiger partial charge in [0.1, 0.15) is 0 Å². The molecule has 0 unspecified atom stereocenters. The number of hydrogen-bond donors (Lipinski definition) is 0. The predicted molar refractivity (Wildman–Crippen MR) is 235 cm³/mol. The summed E-state index contributed by atoms with van der Waals surface area (Å²) in [5, 5.41) is 1.20. The van der Waals surface area contributed by atoms with Gasteiger partial charge < -0.3 is 0 Å². The van der Waals surface area contributed by atoms with Crippen LogP contribution in [0, 0.1) is 10.8 Å². The summed E-state index contributed by atoms with van der Waals surface area (Å²) in [6.07, 6.45) is 8.94. The van der Waals surface area contributed by atoms with Crippen molar-refractivity contribution < 1.29 is 0 Å². The third-order valence-electron chi connectivity index (χ3n) is 5.21. The maximum Gasteiger partial charge on any atom is 0.0889 e. The van der Waals surface area contributed by atoms with Crippen molar-refractivity contribution in [2.45, 2.75) is 137 Å². The quantitative estimate of drug-likeness (QED) is 0.157. The molecule has 52 heavy (non-hydrogen) atoms. The van der Waals surface area contributed by atoms with Crippen LogP contribution in [0.2, 0.25) is 0 Å². The van der Waals surface area contributed by atoms with Gasteiger partial charge >= 0.3 is 0 Å². The minimum absolute atomic E-state index is 0.138. The number of para-hydroxylation sites is 3. The van der Waals surface area contributed by atoms with Gasteiger partial charge in [0.25, 0.3) is 0 Å². The van der Waals surface area contributed by atoms with E-state index in [4.69, 9.17) is 0 Å². The molecule has 0 radical (unpaired) electrons. The van der Waals surface area contributed by atoms with Crippen molar-refractivity contribution in [3.8, 4) is 0 Å². The lowest BCUT2D eigenvalue weighted by atomic mass is 9.88. The normalized spacial score (nSPS) is 9.83. The Balaban J connectivity index is -0.000000573. The van der Waals surface area contributed by atoms with Crippen LogP contribution in [0.5, 0.6) is 0 Å². The number of fused-ring (bicyclic) bond motifs is 3. The van der Waals surface area contributed by atoms with E-state index in [1.54, 1.807) is 18.6 Å². The lowest BCUT2D eigenvalue weighted by Gasteiger charge is -2.18. The fourth-order valence-electron chi connectivity index (χ4n) is 3.29. The second kappa shape index (κ2) is 29.3. The van der Waals surface area contributed by atoms with Crippen LogP contribution in [0.4, 0.5) is 0 Å². The van der Waals surface area contributed by atoms with Crippen molar-refractivity contribution in [2.24, 2.45) is 10.8 Å². The van der Waals surface area contributed by atoms with Crippen LogP contribution in [0.15, 0.2) is 110 Å². The molecule has 2 aromatic carbocycles. The summed E-state index contributed by atoms with van der Waals surface area (Å²) in [7, 11) is 0. The van der Waals surface area contributed by atoms with E-state index < -0.39 is 0 Å². The number of nitrogens with zero attached hydrogens (tertiary/aromatic N) is 5. The average molecular weight is 710 g/mol. The van der Waals surface area contributed by atoms with Crippen LogP contribution in [0.1, 0.15) is 137 Å². The van der Waals surface area contributed by atoms with Crippen LogP contribution >= 0.6 is 0 Å². The highest BCUT2D eigenvalue weighted by Crippen LogP contribution is 2.23. The van der Waals surface area contributed by atoms with Gasteiger partial charge in [0, 0.05) is 36.4 Å². The van der Waals surface area contributed by atoms with Gasteiger partial charge in [-0.05, 0) is 64.3 Å². The van der Waals surface area contributed by atoms with E-state index in [9.17, 15) is 0 Å². The second-order valence-electron chi connectivity index (χ2n) is 14.8. The molecule has 0 atom stereocenters. The molecule has 0 spiro atoms. The Morgan fingerprint density at radius 1 is 0.346 bits per heavy atom. The highest BCUT2D eigenvalue weighted by Gasteiger charge is 2.14. The van der Waals surface area contributed by atoms with Gasteiger partial charge in [-0.3, -0.25) is 24.9 Å². The maximum absolute atomic E-state index is 4.39. The van der Waals surface area contributed by atoms with Gasteiger partial charge in [-0.2, -0.15) is 0 Å². The van der Waals surface area contributed by atoms with Gasteiger partial charge in [-0.1, -0.05) is 168 Å². The summed E-state index contributed by atoms with van der Waals surface area (Å²) in [5.74, 6) is 0. The van der Waals surface area contributed by atoms with Crippen LogP contribution in [-0.2, 0) is 5.41 Å². The largest absolute Gasteiger partial charge is 0.256 e. The molecule has 0 aliphatic heterocycles. The van der Waals surface area contributed by atoms with Crippen molar-refractivity contribution in [3.05, 3.63) is 115 Å². The van der Waals surface area contributed by atoms with Gasteiger partial charge in [-0.15, -0.1) is 0 Å². The smallest absolute Gasteiger partial charge is 0.0889 e. The molecule has 0 N–H and O–H groups in total. The standard InChI is InChI=1S/C12H14N2.C9H7N.C8H6N2.2C5H12.4C2H6/c1-12(2,3)9-7-11-10(14-8-9)5-4-6-13-11;1-2-6-9-8(4-1)5-3-7-10-9;1-2-4-8-7(3-1)9-5-6-10-8;2*1-5(2,3)4;4*1-2/h4-8H,1-3H3;1-7H;1-6H;2*1-4H3;4*1-2H3. The third-order valence-corrected chi connectivity index (χ3v) is 5.21. The van der Waals surface area contributed by atoms with Crippen molar-refractivity contribution in [1.29, 1.82) is 0 Å². The Morgan fingerprint density at radius 3 is 1.08 bits per heavy atom. The fourth-order valence-corrected chi connectivity index (χ4v) is 3.29. The molecule has 6 aromatic rings. The summed E-state index contributed by atoms with van der Waals surface area (Å²) in [6.45, 7) is 40.0. The highest BCUT2D eigenvalue weighted by atomic mass is 14.8. The van der Waals surface area contributed by atoms with E-state index in [0.717, 1.165) is 27.6 Å². The molecule has 5 nitrogen and oxygen atoms in total. The number of pyridine rings is 3. The monoisotopic (exact) mass is 710 g/mol. The Hall–Kier alpha value is -4.25. The van der Waals surface area contributed by atoms with E-state index in [-0.39, 0.29) is 5.41 Å². The van der Waals surface area contributed by atoms with Crippen LogP contribution in [0.3, 0.4) is 0 Å². The van der Waals surface area contributed by atoms with Crippen LogP contribution in [0.25, 0.3) is 33.0 Å². The molecule has 0 saturated heterocycles. The summed E-state index contributed by atoms with van der Waals surface area (Å²) >= 11 is 0. The lowest BCUT2D eigenvalue weighted by molar-refractivity contribution is 0.469. The van der Waals surface area contributed by atoms with Gasteiger partial charge in [-0.25, -0.2) is 0 Å². The molecule has 0 aliphatic rings. The van der Waals surface area contributed by atoms with Crippen LogP contribution < -0.4 is 0 Å². The maximum atomic E-state index is 4.39. The van der Waals surface area contributed by atoms with Crippen molar-refractivity contribution in [2.75, 3.05) is 0 Å². The van der Waals surface area contributed by atoms with Crippen molar-refractivity contribution >= 4 is 33.0 Å². The lowest BCUT2D eigenvalue weighted by Crippen LogP contribution is -2.11. The first-order valence-corrected chi connectivity index (χ1v) is 19.2. The molecule has 6 rings (SSSR count). The molecule has 4 aromatic heterocycles. The van der Waals surface area contributed by atoms with Gasteiger partial charge in [0.2, 0.25) is 0 Å². The zero-order valence-electron chi connectivity index (χ0n) is 36.6. The SMILES string of the molecule is CC.CC.CC.CC.CC(C)(C)C.CC(C)(C)C.CC(C)(C)c1cnc2cccnc2c1.c1ccc2ncccc2c1.c1ccc2nccnc2c1. The Morgan fingerprint density at radius 2 is 0.654 bits per heavy atom. The van der Waals surface area contributed by atoms with E-state index in [1.807, 2.05) is 128 Å². The molecule has 0 aliphatic carbocycles. The molecule has 0 bridgehead atoms. The predicted octanol–water partition coefficient (Wildman–Crippen LogP) is 15.0. The van der Waals surface area contributed by atoms with Crippen LogP contribution in [-0.4, -0.2) is 24.9 Å². The Bertz CT molecular complexity index is 1460. The molecular weight excluding hydrogens is 635 g/mol. The summed E-state index contributed by atoms with van der Waals surface area (Å²) < 4.78 is 0. The highest BCUT2D eigenvalue weighted by molar-refractivity contribution is 5.77. The Labute approximate surface area is 320 Å². The number of hydrogen-bond acceptors (Lipinski definition) is 5. The van der Waals surface area contributed by atoms with E-state index in [2.05, 4.69) is 119 Å². The number of benzene rings is 2. The first-order valence-electron chi connectivity index (χ1n) is 19.2. The first-order chi connectivity index (χ1) is 24.5. The zero-order chi connectivity index (χ0) is 40.8. The molecule has 0 saturated carbocycles. The van der Waals surface area contributed by atoms with Gasteiger partial charge in [0.05, 0.1) is 27.6 Å². The average Bonchev–Trinajstić information content (AvgIpc) is 3.14. The summed E-state index contributed by atoms with van der Waals surface area (Å²) in [5.41, 5.74) is 7.25. The molecule has 5 heteroatoms. The van der Waals surface area contributed by atoms with Crippen molar-refractivity contribution in [3.63, 3.8) is 0 Å². The molecule has 0 amide bonds. The van der Waals surface area contributed by atoms with Crippen molar-refractivity contribution in [1.82, 2.24) is 24.9 Å². The molecule has 0 fully saturated rings. The van der Waals surface area contributed by atoms with E-state index >= 15 is 0 Å². The number of aromatic nitrogens is 5. The minimum Gasteiger partial charge on any atom is -0.256 e. The molecule has 4 heterocycles. The number of rotatable bonds is 0. The second-order valence-corrected chi connectivity index (χ2v) is 14.8. The van der Waals surface area contributed by atoms with E-state index in [1.165, 1.54) is 10.9 Å². The Kier molecular flexibility index (Phi) is 29.4. The zero-order valence-corrected chi connectivity index (χ0v) is 36.6. The minimum atomic E-state index is 0.138. The first kappa shape index (κ1) is 52.1. The fraction of sp³-hybridized carbons (Fsp3) is 0.468. The third kappa shape index (κ3) is 27.5. The topological polar surface area (TPSA) is 64.5 Å². The molecule has 288 valence electrons.